The number of rotatable bonds is 5. The largest absolute Gasteiger partial charge is 0.428 e. The Morgan fingerprint density at radius 3 is 2.79 bits per heavy atom. The predicted molar refractivity (Wildman–Crippen MR) is 81.6 cm³/mol. The second kappa shape index (κ2) is 6.29. The second-order valence-corrected chi connectivity index (χ2v) is 6.40. The molecule has 0 unspecified atom stereocenters. The number of imidazole rings is 1. The molecule has 1 amide bonds. The number of carbonyl (C=O) groups excluding carboxylic acids is 3. The minimum Gasteiger partial charge on any atom is -0.428 e. The van der Waals surface area contributed by atoms with Gasteiger partial charge in [-0.2, -0.15) is 0 Å². The number of nitrogens with zero attached hydrogens (tertiary/aromatic N) is 3. The molecule has 2 aliphatic rings. The molecule has 24 heavy (non-hydrogen) atoms. The Morgan fingerprint density at radius 1 is 1.46 bits per heavy atom. The van der Waals surface area contributed by atoms with Gasteiger partial charge >= 0.3 is 11.9 Å². The number of hydrogen-bond donors (Lipinski definition) is 1. The quantitative estimate of drug-likeness (QED) is 0.447. The molecule has 1 aromatic heterocycles. The normalized spacial score (nSPS) is 23.6. The van der Waals surface area contributed by atoms with Gasteiger partial charge in [0.1, 0.15) is 10.4 Å². The van der Waals surface area contributed by atoms with E-state index in [1.165, 1.54) is 36.8 Å². The van der Waals surface area contributed by atoms with Crippen molar-refractivity contribution in [3.05, 3.63) is 24.4 Å². The van der Waals surface area contributed by atoms with E-state index in [0.29, 0.717) is 5.03 Å². The van der Waals surface area contributed by atoms with Gasteiger partial charge < -0.3 is 14.6 Å². The Kier molecular flexibility index (Phi) is 4.33. The molecule has 0 aliphatic carbocycles. The topological polar surface area (TPSA) is 111 Å². The predicted octanol–water partition coefficient (Wildman–Crippen LogP) is -0.0149. The maximum absolute atomic E-state index is 12.4. The summed E-state index contributed by atoms with van der Waals surface area (Å²) < 4.78 is 11.1. The van der Waals surface area contributed by atoms with Crippen LogP contribution in [0.3, 0.4) is 0 Å². The van der Waals surface area contributed by atoms with Crippen LogP contribution in [0.1, 0.15) is 13.8 Å². The number of hydrogen-bond acceptors (Lipinski definition) is 8. The van der Waals surface area contributed by atoms with E-state index >= 15 is 0 Å². The lowest BCUT2D eigenvalue weighted by Gasteiger charge is -2.43. The third-order valence-corrected chi connectivity index (χ3v) is 5.04. The summed E-state index contributed by atoms with van der Waals surface area (Å²) in [5, 5.41) is 9.85. The van der Waals surface area contributed by atoms with Crippen LogP contribution in [-0.4, -0.2) is 55.7 Å². The molecular weight excluding hydrogens is 338 g/mol. The first-order chi connectivity index (χ1) is 11.4. The van der Waals surface area contributed by atoms with Crippen molar-refractivity contribution in [1.82, 2.24) is 14.5 Å². The summed E-state index contributed by atoms with van der Waals surface area (Å²) in [4.78, 5) is 40.7. The van der Waals surface area contributed by atoms with Gasteiger partial charge in [0.15, 0.2) is 5.70 Å². The maximum Gasteiger partial charge on any atom is 0.360 e. The highest BCUT2D eigenvalue weighted by Gasteiger charge is 2.58. The molecule has 9 nitrogen and oxygen atoms in total. The number of fused-ring (bicyclic) bond motifs is 1. The number of aliphatic hydroxyl groups is 1. The van der Waals surface area contributed by atoms with E-state index in [4.69, 9.17) is 4.74 Å². The molecule has 0 radical (unpaired) electrons. The van der Waals surface area contributed by atoms with Crippen molar-refractivity contribution >= 4 is 34.6 Å². The molecule has 0 saturated carbocycles. The van der Waals surface area contributed by atoms with Gasteiger partial charge in [-0.3, -0.25) is 19.1 Å². The lowest BCUT2D eigenvalue weighted by Crippen LogP contribution is -2.60. The zero-order chi connectivity index (χ0) is 17.4. The number of esters is 2. The number of carbonyl (C=O) groups is 3. The fourth-order valence-corrected chi connectivity index (χ4v) is 4.11. The molecule has 1 fully saturated rings. The van der Waals surface area contributed by atoms with Gasteiger partial charge in [-0.05, 0) is 6.92 Å². The van der Waals surface area contributed by atoms with Gasteiger partial charge in [-0.25, -0.2) is 9.78 Å². The van der Waals surface area contributed by atoms with Crippen LogP contribution >= 0.6 is 11.8 Å². The highest BCUT2D eigenvalue weighted by Crippen LogP contribution is 2.52. The fraction of sp³-hybridized carbons (Fsp3) is 0.429. The van der Waals surface area contributed by atoms with Crippen molar-refractivity contribution in [2.24, 2.45) is 5.92 Å². The fourth-order valence-electron chi connectivity index (χ4n) is 2.55. The molecule has 2 aliphatic heterocycles. The minimum atomic E-state index is -0.827. The lowest BCUT2D eigenvalue weighted by atomic mass is 9.92. The molecule has 3 rings (SSSR count). The summed E-state index contributed by atoms with van der Waals surface area (Å²) in [6, 6.07) is 0. The number of thioether (sulfide) groups is 1. The highest BCUT2D eigenvalue weighted by atomic mass is 32.2. The van der Waals surface area contributed by atoms with Gasteiger partial charge in [0.05, 0.1) is 18.3 Å². The van der Waals surface area contributed by atoms with E-state index < -0.39 is 30.8 Å². The van der Waals surface area contributed by atoms with E-state index in [2.05, 4.69) is 9.72 Å². The molecular formula is C14H15N3O6S. The van der Waals surface area contributed by atoms with Crippen molar-refractivity contribution in [3.8, 4) is 0 Å². The zero-order valence-electron chi connectivity index (χ0n) is 12.9. The number of β-lactam (4-membered cyclic amide) rings is 1. The van der Waals surface area contributed by atoms with Crippen molar-refractivity contribution < 1.29 is 29.0 Å². The van der Waals surface area contributed by atoms with E-state index in [1.807, 2.05) is 0 Å². The SMILES string of the molecule is CC(=O)OCOC(=O)C1=C(n2ccnc2)S[C@@H]2[C@@H]([C@@H](C)O)C(=O)N12. The Hall–Kier alpha value is -2.33. The molecule has 3 heterocycles. The van der Waals surface area contributed by atoms with Crippen molar-refractivity contribution in [3.63, 3.8) is 0 Å². The van der Waals surface area contributed by atoms with Crippen molar-refractivity contribution in [2.45, 2.75) is 25.3 Å². The summed E-state index contributed by atoms with van der Waals surface area (Å²) in [5.41, 5.74) is 0.0528. The molecule has 1 saturated heterocycles. The highest BCUT2D eigenvalue weighted by molar-refractivity contribution is 8.08. The molecule has 0 aromatic carbocycles. The zero-order valence-corrected chi connectivity index (χ0v) is 13.7. The molecule has 128 valence electrons. The van der Waals surface area contributed by atoms with Crippen LogP contribution in [0.5, 0.6) is 0 Å². The number of amides is 1. The smallest absolute Gasteiger partial charge is 0.360 e. The van der Waals surface area contributed by atoms with E-state index in [0.717, 1.165) is 0 Å². The number of aliphatic hydroxyl groups excluding tert-OH is 1. The van der Waals surface area contributed by atoms with Crippen LogP contribution in [0, 0.1) is 5.92 Å². The first-order valence-electron chi connectivity index (χ1n) is 7.12. The molecule has 1 aromatic rings. The van der Waals surface area contributed by atoms with Gasteiger partial charge in [0.25, 0.3) is 0 Å². The van der Waals surface area contributed by atoms with E-state index in [1.54, 1.807) is 17.0 Å². The first kappa shape index (κ1) is 16.5. The summed E-state index contributed by atoms with van der Waals surface area (Å²) in [7, 11) is 0. The third kappa shape index (κ3) is 2.67. The van der Waals surface area contributed by atoms with Crippen LogP contribution in [-0.2, 0) is 23.9 Å². The standard InChI is InChI=1S/C14H15N3O6S/c1-7(18)9-11(20)17-10(14(21)23-6-22-8(2)19)13(24-12(9)17)16-4-3-15-5-16/h3-5,7,9,12,18H,6H2,1-2H3/t7-,9+,12-/m1/s1. The first-order valence-corrected chi connectivity index (χ1v) is 8.00. The molecule has 0 bridgehead atoms. The van der Waals surface area contributed by atoms with Gasteiger partial charge in [-0.15, -0.1) is 0 Å². The van der Waals surface area contributed by atoms with E-state index in [-0.39, 0.29) is 17.0 Å². The van der Waals surface area contributed by atoms with Gasteiger partial charge in [-0.1, -0.05) is 11.8 Å². The summed E-state index contributed by atoms with van der Waals surface area (Å²) in [6.07, 6.45) is 3.84. The van der Waals surface area contributed by atoms with Gasteiger partial charge in [0.2, 0.25) is 12.7 Å². The summed E-state index contributed by atoms with van der Waals surface area (Å²) in [5.74, 6) is -2.31. The maximum atomic E-state index is 12.4. The Morgan fingerprint density at radius 2 is 2.21 bits per heavy atom. The molecule has 3 atom stereocenters. The summed E-state index contributed by atoms with van der Waals surface area (Å²) in [6.45, 7) is 2.19. The van der Waals surface area contributed by atoms with Gasteiger partial charge in [0, 0.05) is 19.3 Å². The Balaban J connectivity index is 1.86. The van der Waals surface area contributed by atoms with Crippen molar-refractivity contribution in [2.75, 3.05) is 6.79 Å². The monoisotopic (exact) mass is 353 g/mol. The van der Waals surface area contributed by atoms with Crippen molar-refractivity contribution in [1.29, 1.82) is 0 Å². The number of aromatic nitrogens is 2. The van der Waals surface area contributed by atoms with Crippen LogP contribution in [0.2, 0.25) is 0 Å². The third-order valence-electron chi connectivity index (χ3n) is 3.66. The minimum absolute atomic E-state index is 0.0528. The summed E-state index contributed by atoms with van der Waals surface area (Å²) >= 11 is 1.27. The average molecular weight is 353 g/mol. The molecule has 10 heteroatoms. The molecule has 1 N–H and O–H groups in total. The van der Waals surface area contributed by atoms with E-state index in [9.17, 15) is 19.5 Å². The Bertz CT molecular complexity index is 714. The van der Waals surface area contributed by atoms with Crippen LogP contribution in [0.4, 0.5) is 0 Å². The lowest BCUT2D eigenvalue weighted by molar-refractivity contribution is -0.168. The Labute approximate surface area is 141 Å². The molecule has 0 spiro atoms. The average Bonchev–Trinajstić information content (AvgIpc) is 3.11. The van der Waals surface area contributed by atoms with Crippen LogP contribution in [0.25, 0.3) is 5.03 Å². The number of ether oxygens (including phenoxy) is 2. The van der Waals surface area contributed by atoms with Crippen LogP contribution in [0.15, 0.2) is 24.4 Å². The second-order valence-electron chi connectivity index (χ2n) is 5.29. The van der Waals surface area contributed by atoms with Crippen LogP contribution < -0.4 is 0 Å².